The Morgan fingerprint density at radius 3 is 2.30 bits per heavy atom. The number of ether oxygens (including phenoxy) is 2. The van der Waals surface area contributed by atoms with E-state index in [0.717, 1.165) is 11.5 Å². The third-order valence-corrected chi connectivity index (χ3v) is 2.70. The van der Waals surface area contributed by atoms with E-state index in [9.17, 15) is 4.79 Å². The van der Waals surface area contributed by atoms with Crippen LogP contribution in [0, 0.1) is 0 Å². The van der Waals surface area contributed by atoms with E-state index >= 15 is 0 Å². The summed E-state index contributed by atoms with van der Waals surface area (Å²) in [5.41, 5.74) is 0. The fourth-order valence-electron chi connectivity index (χ4n) is 1.62. The zero-order chi connectivity index (χ0) is 15.0. The number of amides is 1. The molecule has 1 aromatic carbocycles. The zero-order valence-electron chi connectivity index (χ0n) is 12.6. The smallest absolute Gasteiger partial charge is 0.237 e. The van der Waals surface area contributed by atoms with Crippen LogP contribution >= 0.6 is 0 Å². The number of carbonyl (C=O) groups is 1. The molecule has 0 saturated heterocycles. The Kier molecular flexibility index (Phi) is 6.87. The second-order valence-corrected chi connectivity index (χ2v) is 4.86. The maximum atomic E-state index is 11.7. The van der Waals surface area contributed by atoms with Crippen molar-refractivity contribution in [3.05, 3.63) is 24.3 Å². The molecule has 0 aliphatic rings. The van der Waals surface area contributed by atoms with Crippen molar-refractivity contribution in [3.8, 4) is 11.5 Å². The van der Waals surface area contributed by atoms with Gasteiger partial charge in [0.15, 0.2) is 0 Å². The molecule has 20 heavy (non-hydrogen) atoms. The van der Waals surface area contributed by atoms with E-state index in [1.54, 1.807) is 7.11 Å². The van der Waals surface area contributed by atoms with Gasteiger partial charge in [-0.3, -0.25) is 4.79 Å². The lowest BCUT2D eigenvalue weighted by molar-refractivity contribution is -0.123. The van der Waals surface area contributed by atoms with E-state index in [0.29, 0.717) is 13.2 Å². The lowest BCUT2D eigenvalue weighted by Gasteiger charge is -2.16. The maximum absolute atomic E-state index is 11.7. The third kappa shape index (κ3) is 5.93. The normalized spacial score (nSPS) is 12.1. The summed E-state index contributed by atoms with van der Waals surface area (Å²) in [6, 6.07) is 7.34. The van der Waals surface area contributed by atoms with E-state index in [4.69, 9.17) is 9.47 Å². The van der Waals surface area contributed by atoms with Crippen molar-refractivity contribution in [2.45, 2.75) is 32.9 Å². The zero-order valence-corrected chi connectivity index (χ0v) is 12.6. The minimum Gasteiger partial charge on any atom is -0.497 e. The van der Waals surface area contributed by atoms with E-state index in [1.807, 2.05) is 45.0 Å². The van der Waals surface area contributed by atoms with Crippen LogP contribution in [0.3, 0.4) is 0 Å². The van der Waals surface area contributed by atoms with Crippen LogP contribution in [-0.2, 0) is 4.79 Å². The average Bonchev–Trinajstić information content (AvgIpc) is 2.43. The standard InChI is InChI=1S/C15H24N2O3/c1-11(2)17-15(18)12(3)16-9-10-20-14-7-5-13(19-4)6-8-14/h5-8,11-12,16H,9-10H2,1-4H3,(H,17,18). The number of carbonyl (C=O) groups excluding carboxylic acids is 1. The molecule has 0 bridgehead atoms. The molecule has 0 aliphatic heterocycles. The monoisotopic (exact) mass is 280 g/mol. The topological polar surface area (TPSA) is 59.6 Å². The van der Waals surface area contributed by atoms with Gasteiger partial charge in [-0.1, -0.05) is 0 Å². The molecular formula is C15H24N2O3. The molecule has 0 spiro atoms. The van der Waals surface area contributed by atoms with Crippen molar-refractivity contribution >= 4 is 5.91 Å². The molecule has 0 saturated carbocycles. The van der Waals surface area contributed by atoms with Crippen LogP contribution in [0.2, 0.25) is 0 Å². The first-order valence-electron chi connectivity index (χ1n) is 6.83. The van der Waals surface area contributed by atoms with Crippen LogP contribution < -0.4 is 20.1 Å². The van der Waals surface area contributed by atoms with E-state index in [-0.39, 0.29) is 18.0 Å². The Bertz CT molecular complexity index is 404. The van der Waals surface area contributed by atoms with Gasteiger partial charge in [0, 0.05) is 12.6 Å². The molecule has 0 fully saturated rings. The van der Waals surface area contributed by atoms with E-state index in [1.165, 1.54) is 0 Å². The van der Waals surface area contributed by atoms with E-state index < -0.39 is 0 Å². The van der Waals surface area contributed by atoms with Gasteiger partial charge in [0.1, 0.15) is 18.1 Å². The highest BCUT2D eigenvalue weighted by atomic mass is 16.5. The summed E-state index contributed by atoms with van der Waals surface area (Å²) in [7, 11) is 1.63. The van der Waals surface area contributed by atoms with Crippen molar-refractivity contribution in [3.63, 3.8) is 0 Å². The fraction of sp³-hybridized carbons (Fsp3) is 0.533. The Labute approximate surface area is 120 Å². The largest absolute Gasteiger partial charge is 0.497 e. The lowest BCUT2D eigenvalue weighted by atomic mass is 10.3. The number of rotatable bonds is 8. The number of methoxy groups -OCH3 is 1. The molecule has 1 unspecified atom stereocenters. The molecule has 2 N–H and O–H groups in total. The summed E-state index contributed by atoms with van der Waals surface area (Å²) in [4.78, 5) is 11.7. The first-order valence-corrected chi connectivity index (χ1v) is 6.83. The first-order chi connectivity index (χ1) is 9.52. The van der Waals surface area contributed by atoms with Crippen molar-refractivity contribution in [1.29, 1.82) is 0 Å². The molecule has 0 radical (unpaired) electrons. The summed E-state index contributed by atoms with van der Waals surface area (Å²) in [6.45, 7) is 6.84. The fourth-order valence-corrected chi connectivity index (χ4v) is 1.62. The molecular weight excluding hydrogens is 256 g/mol. The first kappa shape index (κ1) is 16.3. The Balaban J connectivity index is 2.22. The van der Waals surface area contributed by atoms with Crippen molar-refractivity contribution < 1.29 is 14.3 Å². The maximum Gasteiger partial charge on any atom is 0.237 e. The molecule has 0 aromatic heterocycles. The molecule has 0 heterocycles. The van der Waals surface area contributed by atoms with Gasteiger partial charge in [-0.25, -0.2) is 0 Å². The summed E-state index contributed by atoms with van der Waals surface area (Å²) in [5.74, 6) is 1.59. The summed E-state index contributed by atoms with van der Waals surface area (Å²) in [5, 5.41) is 5.98. The second-order valence-electron chi connectivity index (χ2n) is 4.86. The second kappa shape index (κ2) is 8.43. The number of hydrogen-bond acceptors (Lipinski definition) is 4. The highest BCUT2D eigenvalue weighted by Gasteiger charge is 2.12. The molecule has 1 rings (SSSR count). The van der Waals surface area contributed by atoms with Gasteiger partial charge in [-0.05, 0) is 45.0 Å². The van der Waals surface area contributed by atoms with Crippen molar-refractivity contribution in [2.24, 2.45) is 0 Å². The van der Waals surface area contributed by atoms with Gasteiger partial charge in [0.25, 0.3) is 0 Å². The Morgan fingerprint density at radius 2 is 1.75 bits per heavy atom. The molecule has 5 nitrogen and oxygen atoms in total. The minimum atomic E-state index is -0.225. The lowest BCUT2D eigenvalue weighted by Crippen LogP contribution is -2.45. The van der Waals surface area contributed by atoms with Gasteiger partial charge in [-0.15, -0.1) is 0 Å². The number of nitrogens with one attached hydrogen (secondary N) is 2. The number of hydrogen-bond donors (Lipinski definition) is 2. The van der Waals surface area contributed by atoms with Crippen molar-refractivity contribution in [2.75, 3.05) is 20.3 Å². The van der Waals surface area contributed by atoms with Crippen LogP contribution in [0.25, 0.3) is 0 Å². The molecule has 0 aliphatic carbocycles. The third-order valence-electron chi connectivity index (χ3n) is 2.70. The molecule has 1 aromatic rings. The molecule has 1 atom stereocenters. The van der Waals surface area contributed by atoms with Crippen LogP contribution in [-0.4, -0.2) is 38.3 Å². The summed E-state index contributed by atoms with van der Waals surface area (Å²) < 4.78 is 10.6. The Morgan fingerprint density at radius 1 is 1.15 bits per heavy atom. The number of benzene rings is 1. The highest BCUT2D eigenvalue weighted by molar-refractivity contribution is 5.81. The minimum absolute atomic E-state index is 0.00412. The van der Waals surface area contributed by atoms with Crippen molar-refractivity contribution in [1.82, 2.24) is 10.6 Å². The van der Waals surface area contributed by atoms with E-state index in [2.05, 4.69) is 10.6 Å². The van der Waals surface area contributed by atoms with Crippen LogP contribution in [0.5, 0.6) is 11.5 Å². The summed E-state index contributed by atoms with van der Waals surface area (Å²) in [6.07, 6.45) is 0. The van der Waals surface area contributed by atoms with Gasteiger partial charge in [0.2, 0.25) is 5.91 Å². The predicted molar refractivity (Wildman–Crippen MR) is 79.2 cm³/mol. The average molecular weight is 280 g/mol. The molecule has 5 heteroatoms. The van der Waals surface area contributed by atoms with Gasteiger partial charge in [-0.2, -0.15) is 0 Å². The van der Waals surface area contributed by atoms with Gasteiger partial charge >= 0.3 is 0 Å². The molecule has 1 amide bonds. The van der Waals surface area contributed by atoms with Crippen LogP contribution in [0.15, 0.2) is 24.3 Å². The van der Waals surface area contributed by atoms with Gasteiger partial charge in [0.05, 0.1) is 13.2 Å². The van der Waals surface area contributed by atoms with Gasteiger partial charge < -0.3 is 20.1 Å². The highest BCUT2D eigenvalue weighted by Crippen LogP contribution is 2.16. The summed E-state index contributed by atoms with van der Waals surface area (Å²) >= 11 is 0. The van der Waals surface area contributed by atoms with Crippen LogP contribution in [0.1, 0.15) is 20.8 Å². The molecule has 112 valence electrons. The predicted octanol–water partition coefficient (Wildman–Crippen LogP) is 1.58. The Hall–Kier alpha value is -1.75. The SMILES string of the molecule is COc1ccc(OCCNC(C)C(=O)NC(C)C)cc1. The van der Waals surface area contributed by atoms with Crippen LogP contribution in [0.4, 0.5) is 0 Å². The quantitative estimate of drug-likeness (QED) is 0.710.